The predicted octanol–water partition coefficient (Wildman–Crippen LogP) is 3.54. The number of nitrogens with one attached hydrogen (secondary N) is 1. The van der Waals surface area contributed by atoms with E-state index in [-0.39, 0.29) is 17.5 Å². The number of allylic oxidation sites excluding steroid dienone is 1. The predicted molar refractivity (Wildman–Crippen MR) is 111 cm³/mol. The second-order valence-electron chi connectivity index (χ2n) is 6.24. The van der Waals surface area contributed by atoms with Crippen LogP contribution >= 0.6 is 23.1 Å². The largest absolute Gasteiger partial charge is 0.310 e. The summed E-state index contributed by atoms with van der Waals surface area (Å²) >= 11 is 2.67. The van der Waals surface area contributed by atoms with E-state index in [1.807, 2.05) is 19.2 Å². The highest BCUT2D eigenvalue weighted by atomic mass is 32.2. The van der Waals surface area contributed by atoms with Crippen LogP contribution in [0.2, 0.25) is 0 Å². The van der Waals surface area contributed by atoms with Crippen LogP contribution in [0, 0.1) is 0 Å². The molecule has 142 valence electrons. The number of thiophene rings is 1. The first-order chi connectivity index (χ1) is 12.9. The van der Waals surface area contributed by atoms with E-state index in [1.54, 1.807) is 40.6 Å². The van der Waals surface area contributed by atoms with Crippen LogP contribution in [0.4, 0.5) is 5.82 Å². The van der Waals surface area contributed by atoms with E-state index in [2.05, 4.69) is 22.0 Å². The van der Waals surface area contributed by atoms with Crippen molar-refractivity contribution in [1.29, 1.82) is 0 Å². The van der Waals surface area contributed by atoms with Crippen molar-refractivity contribution in [2.75, 3.05) is 5.32 Å². The van der Waals surface area contributed by atoms with Gasteiger partial charge in [0.25, 0.3) is 5.56 Å². The first-order valence-corrected chi connectivity index (χ1v) is 10.3. The summed E-state index contributed by atoms with van der Waals surface area (Å²) in [7, 11) is 0. The number of anilines is 1. The van der Waals surface area contributed by atoms with Gasteiger partial charge in [0.1, 0.15) is 10.6 Å². The lowest BCUT2D eigenvalue weighted by Gasteiger charge is -2.16. The molecule has 1 atom stereocenters. The third-order valence-corrected chi connectivity index (χ3v) is 5.82. The van der Waals surface area contributed by atoms with E-state index in [4.69, 9.17) is 0 Å². The van der Waals surface area contributed by atoms with Crippen LogP contribution in [0.5, 0.6) is 0 Å². The lowest BCUT2D eigenvalue weighted by molar-refractivity contribution is -0.115. The van der Waals surface area contributed by atoms with E-state index >= 15 is 0 Å². The number of thioether (sulfide) groups is 1. The Morgan fingerprint density at radius 2 is 2.19 bits per heavy atom. The third kappa shape index (κ3) is 3.98. The standard InChI is InChI=1S/C18H21N5O2S2/c1-5-9-22-17(25)13-7-10-26-16(13)21-18(22)27-12(4)15(24)20-14-6-8-19-23(14)11(2)3/h5-8,10-12H,1,9H2,2-4H3,(H,20,24). The van der Waals surface area contributed by atoms with Gasteiger partial charge in [-0.05, 0) is 32.2 Å². The molecule has 0 fully saturated rings. The second-order valence-corrected chi connectivity index (χ2v) is 8.44. The number of hydrogen-bond acceptors (Lipinski definition) is 6. The number of carbonyl (C=O) groups is 1. The van der Waals surface area contributed by atoms with E-state index in [0.29, 0.717) is 27.7 Å². The summed E-state index contributed by atoms with van der Waals surface area (Å²) < 4.78 is 3.30. The Morgan fingerprint density at radius 3 is 2.89 bits per heavy atom. The fourth-order valence-electron chi connectivity index (χ4n) is 2.57. The van der Waals surface area contributed by atoms with Gasteiger partial charge in [0, 0.05) is 18.7 Å². The molecule has 0 spiro atoms. The molecule has 1 amide bonds. The molecule has 0 saturated heterocycles. The van der Waals surface area contributed by atoms with Crippen LogP contribution < -0.4 is 10.9 Å². The SMILES string of the molecule is C=CCn1c(SC(C)C(=O)Nc2ccnn2C(C)C)nc2sccc2c1=O. The zero-order valence-electron chi connectivity index (χ0n) is 15.4. The zero-order chi connectivity index (χ0) is 19.6. The minimum atomic E-state index is -0.444. The number of carbonyl (C=O) groups excluding carboxylic acids is 1. The fourth-order valence-corrected chi connectivity index (χ4v) is 4.30. The lowest BCUT2D eigenvalue weighted by Crippen LogP contribution is -2.27. The normalized spacial score (nSPS) is 12.4. The van der Waals surface area contributed by atoms with Crippen molar-refractivity contribution in [2.45, 2.75) is 43.8 Å². The van der Waals surface area contributed by atoms with Crippen molar-refractivity contribution < 1.29 is 4.79 Å². The maximum Gasteiger partial charge on any atom is 0.263 e. The molecule has 0 aliphatic rings. The number of rotatable bonds is 7. The van der Waals surface area contributed by atoms with Gasteiger partial charge in [0.2, 0.25) is 5.91 Å². The third-order valence-electron chi connectivity index (χ3n) is 3.92. The Bertz CT molecular complexity index is 1030. The molecule has 0 saturated carbocycles. The second kappa shape index (κ2) is 8.10. The van der Waals surface area contributed by atoms with Crippen molar-refractivity contribution in [2.24, 2.45) is 0 Å². The van der Waals surface area contributed by atoms with Gasteiger partial charge in [-0.3, -0.25) is 14.2 Å². The lowest BCUT2D eigenvalue weighted by atomic mass is 10.4. The monoisotopic (exact) mass is 403 g/mol. The number of hydrogen-bond donors (Lipinski definition) is 1. The summed E-state index contributed by atoms with van der Waals surface area (Å²) in [5.41, 5.74) is -0.117. The molecular formula is C18H21N5O2S2. The van der Waals surface area contributed by atoms with Gasteiger partial charge >= 0.3 is 0 Å². The Balaban J connectivity index is 1.84. The first kappa shape index (κ1) is 19.4. The molecule has 3 aromatic rings. The summed E-state index contributed by atoms with van der Waals surface area (Å²) in [5, 5.41) is 9.61. The van der Waals surface area contributed by atoms with Gasteiger partial charge in [-0.15, -0.1) is 17.9 Å². The smallest absolute Gasteiger partial charge is 0.263 e. The molecule has 0 bridgehead atoms. The van der Waals surface area contributed by atoms with Crippen LogP contribution in [0.3, 0.4) is 0 Å². The van der Waals surface area contributed by atoms with Gasteiger partial charge < -0.3 is 5.32 Å². The van der Waals surface area contributed by atoms with Crippen LogP contribution in [-0.4, -0.2) is 30.5 Å². The van der Waals surface area contributed by atoms with E-state index in [0.717, 1.165) is 0 Å². The Labute approximate surface area is 165 Å². The molecule has 3 heterocycles. The molecular weight excluding hydrogens is 382 g/mol. The number of fused-ring (bicyclic) bond motifs is 1. The molecule has 1 N–H and O–H groups in total. The molecule has 3 rings (SSSR count). The van der Waals surface area contributed by atoms with Crippen LogP contribution in [0.15, 0.2) is 46.3 Å². The van der Waals surface area contributed by atoms with Crippen molar-refractivity contribution in [3.63, 3.8) is 0 Å². The van der Waals surface area contributed by atoms with Gasteiger partial charge in [-0.1, -0.05) is 17.8 Å². The van der Waals surface area contributed by atoms with Crippen LogP contribution in [-0.2, 0) is 11.3 Å². The highest BCUT2D eigenvalue weighted by Gasteiger charge is 2.21. The Hall–Kier alpha value is -2.39. The number of amides is 1. The maximum atomic E-state index is 12.7. The molecule has 0 aliphatic heterocycles. The van der Waals surface area contributed by atoms with Crippen LogP contribution in [0.1, 0.15) is 26.8 Å². The molecule has 0 radical (unpaired) electrons. The molecule has 0 aromatic carbocycles. The average Bonchev–Trinajstić information content (AvgIpc) is 3.27. The van der Waals surface area contributed by atoms with Crippen molar-refractivity contribution in [3.05, 3.63) is 46.7 Å². The molecule has 7 nitrogen and oxygen atoms in total. The number of nitrogens with zero attached hydrogens (tertiary/aromatic N) is 4. The van der Waals surface area contributed by atoms with Crippen molar-refractivity contribution in [3.8, 4) is 0 Å². The molecule has 9 heteroatoms. The average molecular weight is 404 g/mol. The quantitative estimate of drug-likeness (QED) is 0.371. The minimum Gasteiger partial charge on any atom is -0.310 e. The summed E-state index contributed by atoms with van der Waals surface area (Å²) in [6.07, 6.45) is 3.30. The molecule has 3 aromatic heterocycles. The summed E-state index contributed by atoms with van der Waals surface area (Å²) in [4.78, 5) is 30.6. The van der Waals surface area contributed by atoms with Gasteiger partial charge in [0.15, 0.2) is 5.16 Å². The molecule has 27 heavy (non-hydrogen) atoms. The van der Waals surface area contributed by atoms with E-state index < -0.39 is 5.25 Å². The minimum absolute atomic E-state index is 0.117. The highest BCUT2D eigenvalue weighted by molar-refractivity contribution is 8.00. The first-order valence-electron chi connectivity index (χ1n) is 8.52. The van der Waals surface area contributed by atoms with E-state index in [9.17, 15) is 9.59 Å². The topological polar surface area (TPSA) is 81.8 Å². The van der Waals surface area contributed by atoms with Crippen LogP contribution in [0.25, 0.3) is 10.2 Å². The van der Waals surface area contributed by atoms with Gasteiger partial charge in [0.05, 0.1) is 16.8 Å². The highest BCUT2D eigenvalue weighted by Crippen LogP contribution is 2.25. The summed E-state index contributed by atoms with van der Waals surface area (Å²) in [6.45, 7) is 9.84. The molecule has 1 unspecified atom stereocenters. The van der Waals surface area contributed by atoms with Crippen molar-refractivity contribution in [1.82, 2.24) is 19.3 Å². The van der Waals surface area contributed by atoms with Gasteiger partial charge in [-0.25, -0.2) is 9.67 Å². The van der Waals surface area contributed by atoms with Gasteiger partial charge in [-0.2, -0.15) is 5.10 Å². The Morgan fingerprint density at radius 1 is 1.41 bits per heavy atom. The molecule has 0 aliphatic carbocycles. The summed E-state index contributed by atoms with van der Waals surface area (Å²) in [5.74, 6) is 0.473. The maximum absolute atomic E-state index is 12.7. The summed E-state index contributed by atoms with van der Waals surface area (Å²) in [6, 6.07) is 3.67. The fraction of sp³-hybridized carbons (Fsp3) is 0.333. The zero-order valence-corrected chi connectivity index (χ0v) is 17.0. The van der Waals surface area contributed by atoms with E-state index in [1.165, 1.54) is 23.1 Å². The Kier molecular flexibility index (Phi) is 5.81. The van der Waals surface area contributed by atoms with Crippen molar-refractivity contribution >= 4 is 45.0 Å². The number of aromatic nitrogens is 4.